The normalized spacial score (nSPS) is 16.1. The summed E-state index contributed by atoms with van der Waals surface area (Å²) < 4.78 is 39.2. The predicted octanol–water partition coefficient (Wildman–Crippen LogP) is 2.20. The summed E-state index contributed by atoms with van der Waals surface area (Å²) in [5.74, 6) is -0.672. The molecule has 0 radical (unpaired) electrons. The highest BCUT2D eigenvalue weighted by Crippen LogP contribution is 2.32. The van der Waals surface area contributed by atoms with Crippen molar-refractivity contribution in [3.8, 4) is 5.69 Å². The van der Waals surface area contributed by atoms with Crippen LogP contribution in [0.25, 0.3) is 16.7 Å². The van der Waals surface area contributed by atoms with E-state index in [1.54, 1.807) is 18.0 Å². The summed E-state index contributed by atoms with van der Waals surface area (Å²) in [7, 11) is -3.48. The number of thioether (sulfide) groups is 1. The van der Waals surface area contributed by atoms with Crippen molar-refractivity contribution in [3.05, 3.63) is 36.5 Å². The summed E-state index contributed by atoms with van der Waals surface area (Å²) in [4.78, 5) is 8.57. The Morgan fingerprint density at radius 3 is 2.74 bits per heavy atom. The van der Waals surface area contributed by atoms with Gasteiger partial charge in [0.15, 0.2) is 15.5 Å². The maximum absolute atomic E-state index is 14.6. The number of benzene rings is 1. The van der Waals surface area contributed by atoms with E-state index in [9.17, 15) is 12.8 Å². The molecule has 4 rings (SSSR count). The first-order chi connectivity index (χ1) is 12.9. The van der Waals surface area contributed by atoms with Crippen LogP contribution in [-0.4, -0.2) is 52.8 Å². The first-order valence-electron chi connectivity index (χ1n) is 8.49. The van der Waals surface area contributed by atoms with Gasteiger partial charge in [0.05, 0.1) is 16.5 Å². The van der Waals surface area contributed by atoms with E-state index in [-0.39, 0.29) is 10.6 Å². The van der Waals surface area contributed by atoms with Gasteiger partial charge in [-0.15, -0.1) is 11.8 Å². The van der Waals surface area contributed by atoms with Gasteiger partial charge in [0.2, 0.25) is 0 Å². The van der Waals surface area contributed by atoms with Crippen molar-refractivity contribution in [1.82, 2.24) is 25.1 Å². The molecule has 2 aromatic heterocycles. The van der Waals surface area contributed by atoms with Crippen LogP contribution in [0.5, 0.6) is 0 Å². The number of hydrogen-bond donors (Lipinski definition) is 1. The second-order valence-electron chi connectivity index (χ2n) is 6.43. The van der Waals surface area contributed by atoms with E-state index in [0.29, 0.717) is 10.9 Å². The standard InChI is InChI=1S/C17H18FN5O2S2/c1-27(24,25)12-2-3-15(14(18)8-12)23-16-13(9-22-23)17(21-10-20-16)26-11-4-6-19-7-5-11/h2-3,8-11,19H,4-7H2,1H3. The molecule has 10 heteroatoms. The number of piperidine rings is 1. The monoisotopic (exact) mass is 407 g/mol. The first kappa shape index (κ1) is 18.3. The van der Waals surface area contributed by atoms with Crippen LogP contribution in [0.2, 0.25) is 0 Å². The van der Waals surface area contributed by atoms with Crippen molar-refractivity contribution in [2.75, 3.05) is 19.3 Å². The number of fused-ring (bicyclic) bond motifs is 1. The zero-order valence-corrected chi connectivity index (χ0v) is 16.2. The van der Waals surface area contributed by atoms with Gasteiger partial charge in [0.1, 0.15) is 22.9 Å². The molecule has 1 N–H and O–H groups in total. The highest BCUT2D eigenvalue weighted by atomic mass is 32.2. The van der Waals surface area contributed by atoms with E-state index >= 15 is 0 Å². The minimum Gasteiger partial charge on any atom is -0.317 e. The fourth-order valence-electron chi connectivity index (χ4n) is 3.05. The molecule has 0 bridgehead atoms. The fourth-order valence-corrected chi connectivity index (χ4v) is 4.85. The summed E-state index contributed by atoms with van der Waals surface area (Å²) in [5, 5.41) is 9.66. The Kier molecular flexibility index (Phi) is 4.87. The Balaban J connectivity index is 1.72. The third-order valence-corrected chi connectivity index (χ3v) is 6.93. The maximum Gasteiger partial charge on any atom is 0.175 e. The fraction of sp³-hybridized carbons (Fsp3) is 0.353. The second-order valence-corrected chi connectivity index (χ2v) is 9.73. The van der Waals surface area contributed by atoms with Crippen molar-refractivity contribution < 1.29 is 12.8 Å². The number of sulfone groups is 1. The molecule has 0 amide bonds. The largest absolute Gasteiger partial charge is 0.317 e. The molecule has 0 aliphatic carbocycles. The lowest BCUT2D eigenvalue weighted by Gasteiger charge is -2.21. The van der Waals surface area contributed by atoms with Gasteiger partial charge in [0, 0.05) is 11.5 Å². The quantitative estimate of drug-likeness (QED) is 0.663. The number of nitrogens with zero attached hydrogens (tertiary/aromatic N) is 4. The molecule has 1 aliphatic rings. The molecule has 7 nitrogen and oxygen atoms in total. The topological polar surface area (TPSA) is 89.8 Å². The third-order valence-electron chi connectivity index (χ3n) is 4.47. The van der Waals surface area contributed by atoms with Gasteiger partial charge in [-0.1, -0.05) is 0 Å². The van der Waals surface area contributed by atoms with E-state index in [1.807, 2.05) is 0 Å². The highest BCUT2D eigenvalue weighted by Gasteiger charge is 2.20. The summed E-state index contributed by atoms with van der Waals surface area (Å²) in [6.45, 7) is 1.98. The van der Waals surface area contributed by atoms with Crippen LogP contribution in [0.15, 0.2) is 40.6 Å². The van der Waals surface area contributed by atoms with Crippen molar-refractivity contribution >= 4 is 32.6 Å². The van der Waals surface area contributed by atoms with Gasteiger partial charge in [-0.05, 0) is 44.1 Å². The number of halogens is 1. The lowest BCUT2D eigenvalue weighted by molar-refractivity contribution is 0.531. The summed E-state index contributed by atoms with van der Waals surface area (Å²) >= 11 is 1.70. The predicted molar refractivity (Wildman–Crippen MR) is 101 cm³/mol. The van der Waals surface area contributed by atoms with Crippen LogP contribution in [-0.2, 0) is 9.84 Å². The zero-order valence-electron chi connectivity index (χ0n) is 14.6. The van der Waals surface area contributed by atoms with Crippen LogP contribution < -0.4 is 5.32 Å². The summed E-state index contributed by atoms with van der Waals surface area (Å²) in [5.41, 5.74) is 0.640. The molecule has 0 atom stereocenters. The van der Waals surface area contributed by atoms with E-state index in [1.165, 1.54) is 23.1 Å². The van der Waals surface area contributed by atoms with Gasteiger partial charge in [-0.25, -0.2) is 27.5 Å². The molecule has 1 saturated heterocycles. The van der Waals surface area contributed by atoms with E-state index in [2.05, 4.69) is 20.4 Å². The van der Waals surface area contributed by atoms with Crippen LogP contribution in [0.4, 0.5) is 4.39 Å². The minimum atomic E-state index is -3.48. The number of rotatable bonds is 4. The van der Waals surface area contributed by atoms with Crippen LogP contribution >= 0.6 is 11.8 Å². The van der Waals surface area contributed by atoms with Gasteiger partial charge in [-0.3, -0.25) is 0 Å². The van der Waals surface area contributed by atoms with Crippen molar-refractivity contribution in [2.24, 2.45) is 0 Å². The van der Waals surface area contributed by atoms with Gasteiger partial charge in [0.25, 0.3) is 0 Å². The Morgan fingerprint density at radius 2 is 2.04 bits per heavy atom. The Morgan fingerprint density at radius 1 is 1.26 bits per heavy atom. The number of nitrogens with one attached hydrogen (secondary N) is 1. The van der Waals surface area contributed by atoms with E-state index < -0.39 is 15.7 Å². The highest BCUT2D eigenvalue weighted by molar-refractivity contribution is 8.00. The van der Waals surface area contributed by atoms with Crippen molar-refractivity contribution in [1.29, 1.82) is 0 Å². The zero-order chi connectivity index (χ0) is 19.0. The maximum atomic E-state index is 14.6. The molecular formula is C17H18FN5O2S2. The van der Waals surface area contributed by atoms with Gasteiger partial charge in [-0.2, -0.15) is 5.10 Å². The number of aromatic nitrogens is 4. The Labute approximate surface area is 160 Å². The summed E-state index contributed by atoms with van der Waals surface area (Å²) in [6.07, 6.45) is 6.25. The third kappa shape index (κ3) is 3.69. The molecule has 142 valence electrons. The van der Waals surface area contributed by atoms with Crippen LogP contribution in [0.3, 0.4) is 0 Å². The van der Waals surface area contributed by atoms with Gasteiger partial charge < -0.3 is 5.32 Å². The molecule has 0 saturated carbocycles. The first-order valence-corrected chi connectivity index (χ1v) is 11.3. The van der Waals surface area contributed by atoms with Crippen LogP contribution in [0, 0.1) is 5.82 Å². The second kappa shape index (κ2) is 7.17. The molecule has 1 fully saturated rings. The average Bonchev–Trinajstić information content (AvgIpc) is 3.07. The van der Waals surface area contributed by atoms with E-state index in [0.717, 1.165) is 48.7 Å². The molecule has 0 unspecified atom stereocenters. The Hall–Kier alpha value is -2.04. The molecular weight excluding hydrogens is 389 g/mol. The molecule has 3 heterocycles. The summed E-state index contributed by atoms with van der Waals surface area (Å²) in [6, 6.07) is 3.77. The molecule has 1 aliphatic heterocycles. The SMILES string of the molecule is CS(=O)(=O)c1ccc(-n2ncc3c(SC4CCNCC4)ncnc32)c(F)c1. The molecule has 0 spiro atoms. The lowest BCUT2D eigenvalue weighted by Crippen LogP contribution is -2.29. The van der Waals surface area contributed by atoms with Gasteiger partial charge >= 0.3 is 0 Å². The van der Waals surface area contributed by atoms with E-state index in [4.69, 9.17) is 0 Å². The Bertz CT molecular complexity index is 1090. The lowest BCUT2D eigenvalue weighted by atomic mass is 10.2. The van der Waals surface area contributed by atoms with Crippen molar-refractivity contribution in [3.63, 3.8) is 0 Å². The molecule has 3 aromatic rings. The minimum absolute atomic E-state index is 0.0722. The molecule has 27 heavy (non-hydrogen) atoms. The van der Waals surface area contributed by atoms with Crippen LogP contribution in [0.1, 0.15) is 12.8 Å². The average molecular weight is 407 g/mol. The van der Waals surface area contributed by atoms with Crippen molar-refractivity contribution in [2.45, 2.75) is 28.0 Å². The number of hydrogen-bond acceptors (Lipinski definition) is 7. The smallest absolute Gasteiger partial charge is 0.175 e. The molecule has 1 aromatic carbocycles.